The van der Waals surface area contributed by atoms with Crippen molar-refractivity contribution in [2.24, 2.45) is 0 Å². The standard InChI is InChI=1S/C17H28N8O/c1-4-9-20-16-22-12-13(14(18-2)24-16)23-17(25-15(12)19-3)21-10-7-5-6-8-11(10)26/h10-11,26H,4-9H2,1-3H3,(H2,18,20,22,24)(H2,19,21,23,25)/t10?,11-/m1/s1. The monoisotopic (exact) mass is 360 g/mol. The highest BCUT2D eigenvalue weighted by molar-refractivity contribution is 5.94. The van der Waals surface area contributed by atoms with Gasteiger partial charge in [-0.05, 0) is 19.3 Å². The van der Waals surface area contributed by atoms with Crippen LogP contribution in [0, 0.1) is 0 Å². The Morgan fingerprint density at radius 1 is 0.923 bits per heavy atom. The molecule has 0 spiro atoms. The average molecular weight is 360 g/mol. The molecule has 142 valence electrons. The van der Waals surface area contributed by atoms with Gasteiger partial charge in [-0.25, -0.2) is 9.97 Å². The average Bonchev–Trinajstić information content (AvgIpc) is 2.67. The van der Waals surface area contributed by atoms with E-state index in [2.05, 4.69) is 48.1 Å². The summed E-state index contributed by atoms with van der Waals surface area (Å²) in [6, 6.07) is -0.0321. The summed E-state index contributed by atoms with van der Waals surface area (Å²) in [7, 11) is 3.62. The third kappa shape index (κ3) is 3.87. The van der Waals surface area contributed by atoms with Crippen LogP contribution in [-0.4, -0.2) is 57.8 Å². The van der Waals surface area contributed by atoms with Crippen LogP contribution in [0.2, 0.25) is 0 Å². The molecule has 9 heteroatoms. The first-order valence-corrected chi connectivity index (χ1v) is 9.30. The molecule has 0 bridgehead atoms. The van der Waals surface area contributed by atoms with Crippen molar-refractivity contribution in [2.75, 3.05) is 41.9 Å². The molecule has 2 aromatic heterocycles. The zero-order valence-corrected chi connectivity index (χ0v) is 15.6. The summed E-state index contributed by atoms with van der Waals surface area (Å²) < 4.78 is 0. The van der Waals surface area contributed by atoms with Crippen molar-refractivity contribution in [1.82, 2.24) is 19.9 Å². The molecular weight excluding hydrogens is 332 g/mol. The van der Waals surface area contributed by atoms with E-state index in [0.717, 1.165) is 38.6 Å². The Bertz CT molecular complexity index is 753. The molecule has 0 amide bonds. The maximum absolute atomic E-state index is 10.2. The van der Waals surface area contributed by atoms with Crippen molar-refractivity contribution in [3.05, 3.63) is 0 Å². The summed E-state index contributed by atoms with van der Waals surface area (Å²) >= 11 is 0. The third-order valence-corrected chi connectivity index (χ3v) is 4.59. The lowest BCUT2D eigenvalue weighted by Gasteiger charge is -2.28. The fourth-order valence-electron chi connectivity index (χ4n) is 3.19. The summed E-state index contributed by atoms with van der Waals surface area (Å²) in [6.07, 6.45) is 4.48. The first kappa shape index (κ1) is 18.4. The summed E-state index contributed by atoms with van der Waals surface area (Å²) in [6.45, 7) is 2.89. The van der Waals surface area contributed by atoms with Gasteiger partial charge in [0, 0.05) is 20.6 Å². The van der Waals surface area contributed by atoms with Gasteiger partial charge in [0.1, 0.15) is 11.0 Å². The van der Waals surface area contributed by atoms with Crippen molar-refractivity contribution in [2.45, 2.75) is 51.2 Å². The first-order valence-electron chi connectivity index (χ1n) is 9.30. The summed E-state index contributed by atoms with van der Waals surface area (Å²) in [5, 5.41) is 22.9. The molecule has 2 aromatic rings. The molecule has 0 aliphatic heterocycles. The summed E-state index contributed by atoms with van der Waals surface area (Å²) in [5.74, 6) is 2.29. The Morgan fingerprint density at radius 2 is 1.54 bits per heavy atom. The Morgan fingerprint density at radius 3 is 2.15 bits per heavy atom. The number of nitrogens with zero attached hydrogens (tertiary/aromatic N) is 4. The van der Waals surface area contributed by atoms with E-state index in [1.54, 1.807) is 7.05 Å². The van der Waals surface area contributed by atoms with E-state index >= 15 is 0 Å². The minimum Gasteiger partial charge on any atom is -0.391 e. The molecule has 1 aliphatic rings. The molecule has 2 heterocycles. The van der Waals surface area contributed by atoms with Gasteiger partial charge in [-0.2, -0.15) is 9.97 Å². The fourth-order valence-corrected chi connectivity index (χ4v) is 3.19. The van der Waals surface area contributed by atoms with Crippen LogP contribution >= 0.6 is 0 Å². The summed E-state index contributed by atoms with van der Waals surface area (Å²) in [5.41, 5.74) is 1.29. The number of aromatic nitrogens is 4. The number of fused-ring (bicyclic) bond motifs is 1. The van der Waals surface area contributed by atoms with E-state index in [9.17, 15) is 5.11 Å². The molecule has 9 nitrogen and oxygen atoms in total. The normalized spacial score (nSPS) is 20.0. The second kappa shape index (κ2) is 8.31. The van der Waals surface area contributed by atoms with Gasteiger partial charge >= 0.3 is 0 Å². The number of aliphatic hydroxyl groups is 1. The molecule has 1 fully saturated rings. The molecule has 3 rings (SSSR count). The lowest BCUT2D eigenvalue weighted by Crippen LogP contribution is -2.36. The Labute approximate surface area is 153 Å². The van der Waals surface area contributed by atoms with Gasteiger partial charge in [-0.3, -0.25) is 0 Å². The van der Waals surface area contributed by atoms with Crippen LogP contribution in [0.5, 0.6) is 0 Å². The number of rotatable bonds is 7. The van der Waals surface area contributed by atoms with E-state index in [4.69, 9.17) is 0 Å². The van der Waals surface area contributed by atoms with E-state index in [1.807, 2.05) is 7.05 Å². The molecule has 1 unspecified atom stereocenters. The second-order valence-corrected chi connectivity index (χ2v) is 6.52. The minimum absolute atomic E-state index is 0.0321. The van der Waals surface area contributed by atoms with Gasteiger partial charge < -0.3 is 26.4 Å². The summed E-state index contributed by atoms with van der Waals surface area (Å²) in [4.78, 5) is 18.2. The van der Waals surface area contributed by atoms with E-state index in [1.165, 1.54) is 0 Å². The highest BCUT2D eigenvalue weighted by Gasteiger charge is 2.24. The van der Waals surface area contributed by atoms with Gasteiger partial charge in [0.05, 0.1) is 12.1 Å². The number of aliphatic hydroxyl groups excluding tert-OH is 1. The fraction of sp³-hybridized carbons (Fsp3) is 0.647. The van der Waals surface area contributed by atoms with Gasteiger partial charge in [0.15, 0.2) is 11.6 Å². The van der Waals surface area contributed by atoms with Crippen LogP contribution in [0.15, 0.2) is 0 Å². The highest BCUT2D eigenvalue weighted by Crippen LogP contribution is 2.28. The van der Waals surface area contributed by atoms with Crippen LogP contribution in [-0.2, 0) is 0 Å². The van der Waals surface area contributed by atoms with Gasteiger partial charge in [-0.1, -0.05) is 19.8 Å². The zero-order chi connectivity index (χ0) is 18.5. The molecule has 5 N–H and O–H groups in total. The van der Waals surface area contributed by atoms with Crippen LogP contribution in [0.25, 0.3) is 11.0 Å². The van der Waals surface area contributed by atoms with Crippen molar-refractivity contribution in [3.8, 4) is 0 Å². The number of hydrogen-bond acceptors (Lipinski definition) is 9. The first-order chi connectivity index (χ1) is 12.7. The molecule has 1 saturated carbocycles. The van der Waals surface area contributed by atoms with Gasteiger partial charge in [-0.15, -0.1) is 0 Å². The van der Waals surface area contributed by atoms with Crippen molar-refractivity contribution < 1.29 is 5.11 Å². The maximum atomic E-state index is 10.2. The lowest BCUT2D eigenvalue weighted by atomic mass is 9.93. The Kier molecular flexibility index (Phi) is 5.87. The molecule has 26 heavy (non-hydrogen) atoms. The Hall–Kier alpha value is -2.42. The molecular formula is C17H28N8O. The second-order valence-electron chi connectivity index (χ2n) is 6.52. The molecule has 0 radical (unpaired) electrons. The SMILES string of the molecule is CCCNc1nc(NC)c2nc(NC3CCCC[C@H]3O)nc(NC)c2n1. The van der Waals surface area contributed by atoms with Crippen LogP contribution < -0.4 is 21.3 Å². The third-order valence-electron chi connectivity index (χ3n) is 4.59. The molecule has 0 saturated heterocycles. The van der Waals surface area contributed by atoms with Crippen molar-refractivity contribution in [3.63, 3.8) is 0 Å². The largest absolute Gasteiger partial charge is 0.391 e. The quantitative estimate of drug-likeness (QED) is 0.505. The van der Waals surface area contributed by atoms with Crippen LogP contribution in [0.4, 0.5) is 23.5 Å². The van der Waals surface area contributed by atoms with E-state index in [-0.39, 0.29) is 12.1 Å². The maximum Gasteiger partial charge on any atom is 0.225 e. The minimum atomic E-state index is -0.373. The highest BCUT2D eigenvalue weighted by atomic mass is 16.3. The molecule has 2 atom stereocenters. The number of hydrogen-bond donors (Lipinski definition) is 5. The van der Waals surface area contributed by atoms with Gasteiger partial charge in [0.2, 0.25) is 11.9 Å². The van der Waals surface area contributed by atoms with Crippen LogP contribution in [0.1, 0.15) is 39.0 Å². The number of anilines is 4. The zero-order valence-electron chi connectivity index (χ0n) is 15.6. The van der Waals surface area contributed by atoms with Crippen LogP contribution in [0.3, 0.4) is 0 Å². The predicted molar refractivity (Wildman–Crippen MR) is 105 cm³/mol. The Balaban J connectivity index is 1.99. The topological polar surface area (TPSA) is 120 Å². The lowest BCUT2D eigenvalue weighted by molar-refractivity contribution is 0.116. The van der Waals surface area contributed by atoms with Crippen molar-refractivity contribution >= 4 is 34.6 Å². The predicted octanol–water partition coefficient (Wildman–Crippen LogP) is 2.04. The van der Waals surface area contributed by atoms with E-state index in [0.29, 0.717) is 34.6 Å². The molecule has 1 aliphatic carbocycles. The molecule has 0 aromatic carbocycles. The van der Waals surface area contributed by atoms with Crippen molar-refractivity contribution in [1.29, 1.82) is 0 Å². The van der Waals surface area contributed by atoms with E-state index < -0.39 is 0 Å². The smallest absolute Gasteiger partial charge is 0.225 e. The number of nitrogens with one attached hydrogen (secondary N) is 4. The van der Waals surface area contributed by atoms with Gasteiger partial charge in [0.25, 0.3) is 0 Å².